The molecule has 0 spiro atoms. The van der Waals surface area contributed by atoms with Gasteiger partial charge in [-0.15, -0.1) is 0 Å². The normalized spacial score (nSPS) is 14.5. The van der Waals surface area contributed by atoms with Gasteiger partial charge in [0.05, 0.1) is 21.2 Å². The number of amides is 3. The van der Waals surface area contributed by atoms with Gasteiger partial charge < -0.3 is 5.32 Å². The van der Waals surface area contributed by atoms with Crippen LogP contribution in [0.25, 0.3) is 10.6 Å². The molecule has 2 aromatic rings. The topological polar surface area (TPSA) is 110 Å². The number of anilines is 2. The van der Waals surface area contributed by atoms with E-state index in [4.69, 9.17) is 23.2 Å². The molecule has 29 heavy (non-hydrogen) atoms. The van der Waals surface area contributed by atoms with E-state index in [0.29, 0.717) is 10.6 Å². The van der Waals surface area contributed by atoms with Crippen molar-refractivity contribution >= 4 is 68.6 Å². The van der Waals surface area contributed by atoms with Gasteiger partial charge in [-0.2, -0.15) is 0 Å². The molecule has 1 aliphatic heterocycles. The number of carbonyl (C=O) groups is 3. The average Bonchev–Trinajstić information content (AvgIpc) is 2.91. The van der Waals surface area contributed by atoms with Crippen LogP contribution in [-0.2, 0) is 14.4 Å². The van der Waals surface area contributed by atoms with Gasteiger partial charge in [0.15, 0.2) is 0 Å². The number of hydrogen-bond donors (Lipinski definition) is 1. The molecule has 1 aliphatic rings. The third kappa shape index (κ3) is 3.72. The van der Waals surface area contributed by atoms with Crippen LogP contribution in [0.3, 0.4) is 0 Å². The van der Waals surface area contributed by atoms with Crippen LogP contribution in [0.4, 0.5) is 17.1 Å². The molecule has 1 N–H and O–H groups in total. The van der Waals surface area contributed by atoms with E-state index in [1.807, 2.05) is 0 Å². The molecule has 3 rings (SSSR count). The molecule has 0 aromatic heterocycles. The number of halogens is 2. The molecule has 8 nitrogen and oxygen atoms in total. The predicted molar refractivity (Wildman–Crippen MR) is 110 cm³/mol. The maximum absolute atomic E-state index is 12.9. The number of hydrogen-bond acceptors (Lipinski definition) is 5. The highest BCUT2D eigenvalue weighted by Gasteiger charge is 2.37. The SMILES string of the molecule is CC(=O)Nc1ccc(C(Cl)=C2C(=O)N(C(C)=O)c3cc(Cl)ccc32)cc1[N+](=O)[O-]. The van der Waals surface area contributed by atoms with Gasteiger partial charge in [0.1, 0.15) is 5.69 Å². The first-order valence-corrected chi connectivity index (χ1v) is 8.98. The van der Waals surface area contributed by atoms with Gasteiger partial charge in [-0.05, 0) is 18.2 Å². The fraction of sp³-hybridized carbons (Fsp3) is 0.105. The fourth-order valence-corrected chi connectivity index (χ4v) is 3.49. The zero-order valence-electron chi connectivity index (χ0n) is 15.2. The lowest BCUT2D eigenvalue weighted by molar-refractivity contribution is -0.383. The van der Waals surface area contributed by atoms with E-state index in [1.165, 1.54) is 32.0 Å². The highest BCUT2D eigenvalue weighted by molar-refractivity contribution is 6.60. The van der Waals surface area contributed by atoms with Gasteiger partial charge in [-0.1, -0.05) is 35.3 Å². The summed E-state index contributed by atoms with van der Waals surface area (Å²) < 4.78 is 0. The number of carbonyl (C=O) groups excluding carboxylic acids is 3. The van der Waals surface area contributed by atoms with Crippen LogP contribution in [0.15, 0.2) is 36.4 Å². The van der Waals surface area contributed by atoms with Gasteiger partial charge in [-0.3, -0.25) is 24.5 Å². The molecule has 0 saturated heterocycles. The first-order valence-electron chi connectivity index (χ1n) is 8.23. The number of benzene rings is 2. The zero-order valence-corrected chi connectivity index (χ0v) is 16.7. The highest BCUT2D eigenvalue weighted by atomic mass is 35.5. The Hall–Kier alpha value is -3.23. The summed E-state index contributed by atoms with van der Waals surface area (Å²) >= 11 is 12.4. The molecule has 148 valence electrons. The third-order valence-electron chi connectivity index (χ3n) is 4.18. The second-order valence-corrected chi connectivity index (χ2v) is 6.99. The number of nitrogens with one attached hydrogen (secondary N) is 1. The molecule has 0 bridgehead atoms. The third-order valence-corrected chi connectivity index (χ3v) is 4.82. The minimum atomic E-state index is -0.671. The Morgan fingerprint density at radius 3 is 2.41 bits per heavy atom. The first-order chi connectivity index (χ1) is 13.6. The van der Waals surface area contributed by atoms with Crippen molar-refractivity contribution < 1.29 is 19.3 Å². The van der Waals surface area contributed by atoms with E-state index in [0.717, 1.165) is 11.0 Å². The summed E-state index contributed by atoms with van der Waals surface area (Å²) in [5.41, 5.74) is 0.482. The van der Waals surface area contributed by atoms with Crippen molar-refractivity contribution in [1.29, 1.82) is 0 Å². The van der Waals surface area contributed by atoms with E-state index >= 15 is 0 Å². The zero-order chi connectivity index (χ0) is 21.5. The Labute approximate surface area is 174 Å². The highest BCUT2D eigenvalue weighted by Crippen LogP contribution is 2.44. The molecule has 0 fully saturated rings. The molecule has 2 aromatic carbocycles. The van der Waals surface area contributed by atoms with Crippen molar-refractivity contribution in [3.63, 3.8) is 0 Å². The van der Waals surface area contributed by atoms with Crippen molar-refractivity contribution in [3.8, 4) is 0 Å². The maximum Gasteiger partial charge on any atom is 0.293 e. The fourth-order valence-electron chi connectivity index (χ4n) is 3.02. The molecule has 0 atom stereocenters. The molecule has 0 radical (unpaired) electrons. The van der Waals surface area contributed by atoms with Crippen molar-refractivity contribution in [2.45, 2.75) is 13.8 Å². The van der Waals surface area contributed by atoms with Crippen LogP contribution in [0.1, 0.15) is 25.0 Å². The summed E-state index contributed by atoms with van der Waals surface area (Å²) in [6.07, 6.45) is 0. The van der Waals surface area contributed by atoms with E-state index in [2.05, 4.69) is 5.32 Å². The molecule has 0 saturated carbocycles. The van der Waals surface area contributed by atoms with Crippen LogP contribution in [0, 0.1) is 10.1 Å². The minimum Gasteiger partial charge on any atom is -0.321 e. The predicted octanol–water partition coefficient (Wildman–Crippen LogP) is 4.21. The molecule has 0 unspecified atom stereocenters. The molecule has 3 amide bonds. The summed E-state index contributed by atoms with van der Waals surface area (Å²) in [6, 6.07) is 8.48. The number of fused-ring (bicyclic) bond motifs is 1. The van der Waals surface area contributed by atoms with Crippen molar-refractivity contribution in [2.24, 2.45) is 0 Å². The summed E-state index contributed by atoms with van der Waals surface area (Å²) in [5, 5.41) is 14.0. The number of imide groups is 1. The second kappa shape index (κ2) is 7.65. The number of rotatable bonds is 3. The minimum absolute atomic E-state index is 0.00369. The Morgan fingerprint density at radius 2 is 1.83 bits per heavy atom. The molecular formula is C19H13Cl2N3O5. The van der Waals surface area contributed by atoms with Crippen LogP contribution in [-0.4, -0.2) is 22.6 Å². The Bertz CT molecular complexity index is 1130. The van der Waals surface area contributed by atoms with Crippen LogP contribution < -0.4 is 10.2 Å². The summed E-state index contributed by atoms with van der Waals surface area (Å²) in [7, 11) is 0. The Balaban J connectivity index is 2.21. The van der Waals surface area contributed by atoms with Gasteiger partial charge in [0.25, 0.3) is 11.6 Å². The van der Waals surface area contributed by atoms with Crippen molar-refractivity contribution in [2.75, 3.05) is 10.2 Å². The van der Waals surface area contributed by atoms with E-state index in [9.17, 15) is 24.5 Å². The molecule has 1 heterocycles. The largest absolute Gasteiger partial charge is 0.321 e. The Morgan fingerprint density at radius 1 is 1.14 bits per heavy atom. The van der Waals surface area contributed by atoms with Crippen molar-refractivity contribution in [1.82, 2.24) is 0 Å². The first kappa shape index (κ1) is 20.5. The smallest absolute Gasteiger partial charge is 0.293 e. The second-order valence-electron chi connectivity index (χ2n) is 6.18. The molecule has 10 heteroatoms. The monoisotopic (exact) mass is 433 g/mol. The summed E-state index contributed by atoms with van der Waals surface area (Å²) in [6.45, 7) is 2.45. The van der Waals surface area contributed by atoms with E-state index < -0.39 is 22.6 Å². The average molecular weight is 434 g/mol. The standard InChI is InChI=1S/C19H13Cl2N3O5/c1-9(25)22-14-6-3-11(7-16(14)24(28)29)18(21)17-13-5-4-12(20)8-15(13)23(10(2)26)19(17)27/h3-8H,1-2H3,(H,22,25). The quantitative estimate of drug-likeness (QED) is 0.442. The lowest BCUT2D eigenvalue weighted by Gasteiger charge is -2.12. The summed E-state index contributed by atoms with van der Waals surface area (Å²) in [4.78, 5) is 47.8. The van der Waals surface area contributed by atoms with Gasteiger partial charge in [-0.25, -0.2) is 4.90 Å². The molecular weight excluding hydrogens is 421 g/mol. The van der Waals surface area contributed by atoms with Gasteiger partial charge in [0.2, 0.25) is 11.8 Å². The van der Waals surface area contributed by atoms with Crippen LogP contribution in [0.2, 0.25) is 5.02 Å². The lowest BCUT2D eigenvalue weighted by Crippen LogP contribution is -2.31. The van der Waals surface area contributed by atoms with Gasteiger partial charge in [0, 0.05) is 36.1 Å². The van der Waals surface area contributed by atoms with E-state index in [-0.39, 0.29) is 33.2 Å². The maximum atomic E-state index is 12.9. The number of nitro groups is 1. The van der Waals surface area contributed by atoms with Gasteiger partial charge >= 0.3 is 0 Å². The van der Waals surface area contributed by atoms with E-state index in [1.54, 1.807) is 12.1 Å². The van der Waals surface area contributed by atoms with Crippen LogP contribution >= 0.6 is 23.2 Å². The summed E-state index contributed by atoms with van der Waals surface area (Å²) in [5.74, 6) is -1.66. The lowest BCUT2D eigenvalue weighted by atomic mass is 10.0. The number of nitro benzene ring substituents is 1. The Kier molecular flexibility index (Phi) is 5.41. The van der Waals surface area contributed by atoms with Crippen molar-refractivity contribution in [3.05, 3.63) is 62.7 Å². The molecule has 0 aliphatic carbocycles. The van der Waals surface area contributed by atoms with Crippen LogP contribution in [0.5, 0.6) is 0 Å². The number of nitrogens with zero attached hydrogens (tertiary/aromatic N) is 2.